The monoisotopic (exact) mass is 176 g/mol. The molecule has 0 aliphatic heterocycles. The number of fused-ring (bicyclic) bond motifs is 1. The first-order chi connectivity index (χ1) is 4.86. The van der Waals surface area contributed by atoms with Gasteiger partial charge in [0.1, 0.15) is 11.8 Å². The molecular weight excluding hydrogens is 171 g/mol. The minimum absolute atomic E-state index is 0. The van der Waals surface area contributed by atoms with Gasteiger partial charge in [-0.25, -0.2) is 15.0 Å². The molecule has 6 heteroatoms. The van der Waals surface area contributed by atoms with Crippen molar-refractivity contribution in [2.24, 2.45) is 0 Å². The molecule has 4 nitrogen and oxygen atoms in total. The second-order valence-corrected chi connectivity index (χ2v) is 2.24. The fourth-order valence-electron chi connectivity index (χ4n) is 0.749. The number of imidazole rings is 1. The topological polar surface area (TPSA) is 54.5 Å². The Kier molecular flexibility index (Phi) is 2.89. The summed E-state index contributed by atoms with van der Waals surface area (Å²) in [6.07, 6.45) is 3.12. The fourth-order valence-corrected chi connectivity index (χ4v) is 0.964. The molecule has 0 saturated carbocycles. The van der Waals surface area contributed by atoms with Gasteiger partial charge in [-0.1, -0.05) is 0 Å². The summed E-state index contributed by atoms with van der Waals surface area (Å²) in [6, 6.07) is 0. The van der Waals surface area contributed by atoms with Gasteiger partial charge in [0.15, 0.2) is 10.8 Å². The normalized spacial score (nSPS) is 9.55. The third kappa shape index (κ3) is 1.73. The SMILES string of the molecule is Sc1nc2ncncc2[nH]1.[NaH]. The Balaban J connectivity index is 0.000000605. The zero-order valence-electron chi connectivity index (χ0n) is 4.94. The molecule has 0 unspecified atom stereocenters. The Labute approximate surface area is 90.5 Å². The number of aromatic nitrogens is 4. The number of nitrogens with zero attached hydrogens (tertiary/aromatic N) is 3. The van der Waals surface area contributed by atoms with Gasteiger partial charge < -0.3 is 4.98 Å². The van der Waals surface area contributed by atoms with Crippen LogP contribution in [-0.2, 0) is 0 Å². The van der Waals surface area contributed by atoms with Gasteiger partial charge in [-0.2, -0.15) is 0 Å². The van der Waals surface area contributed by atoms with E-state index in [1.54, 1.807) is 6.20 Å². The Hall–Kier alpha value is -0.100. The minimum atomic E-state index is 0. The number of hydrogen-bond acceptors (Lipinski definition) is 4. The first-order valence-electron chi connectivity index (χ1n) is 2.71. The van der Waals surface area contributed by atoms with Crippen LogP contribution < -0.4 is 0 Å². The van der Waals surface area contributed by atoms with E-state index in [4.69, 9.17) is 0 Å². The predicted octanol–water partition coefficient (Wildman–Crippen LogP) is -0.00690. The number of rotatable bonds is 0. The summed E-state index contributed by atoms with van der Waals surface area (Å²) in [5.41, 5.74) is 1.47. The quantitative estimate of drug-likeness (QED) is 0.438. The molecule has 0 aliphatic rings. The molecule has 2 heterocycles. The summed E-state index contributed by atoms with van der Waals surface area (Å²) >= 11 is 4.01. The number of aromatic amines is 1. The van der Waals surface area contributed by atoms with Crippen LogP contribution in [0.2, 0.25) is 0 Å². The van der Waals surface area contributed by atoms with E-state index in [1.165, 1.54) is 6.33 Å². The van der Waals surface area contributed by atoms with E-state index in [-0.39, 0.29) is 29.6 Å². The summed E-state index contributed by atoms with van der Waals surface area (Å²) in [5, 5.41) is 0.565. The van der Waals surface area contributed by atoms with Crippen LogP contribution in [0.3, 0.4) is 0 Å². The van der Waals surface area contributed by atoms with Gasteiger partial charge >= 0.3 is 29.6 Å². The zero-order chi connectivity index (χ0) is 6.97. The fraction of sp³-hybridized carbons (Fsp3) is 0. The van der Waals surface area contributed by atoms with Crippen LogP contribution in [0.15, 0.2) is 17.7 Å². The summed E-state index contributed by atoms with van der Waals surface area (Å²) in [5.74, 6) is 0. The van der Waals surface area contributed by atoms with E-state index < -0.39 is 0 Å². The van der Waals surface area contributed by atoms with Crippen molar-refractivity contribution in [2.45, 2.75) is 5.16 Å². The van der Waals surface area contributed by atoms with Crippen molar-refractivity contribution in [2.75, 3.05) is 0 Å². The molecule has 52 valence electrons. The second kappa shape index (κ2) is 3.53. The molecule has 0 atom stereocenters. The first-order valence-corrected chi connectivity index (χ1v) is 3.15. The number of nitrogens with one attached hydrogen (secondary N) is 1. The third-order valence-electron chi connectivity index (χ3n) is 1.15. The molecule has 0 fully saturated rings. The summed E-state index contributed by atoms with van der Waals surface area (Å²) in [7, 11) is 0. The van der Waals surface area contributed by atoms with E-state index in [1.807, 2.05) is 0 Å². The standard InChI is InChI=1S/C5H4N4S.Na.H/c10-5-8-3-1-6-2-7-4(3)9-5;;/h1-2H,(H2,6,7,8,9,10);;. The van der Waals surface area contributed by atoms with Gasteiger partial charge in [-0.15, -0.1) is 12.6 Å². The molecule has 0 spiro atoms. The Bertz CT molecular complexity index is 327. The molecule has 0 bridgehead atoms. The van der Waals surface area contributed by atoms with Crippen LogP contribution >= 0.6 is 12.6 Å². The van der Waals surface area contributed by atoms with Gasteiger partial charge in [-0.3, -0.25) is 0 Å². The van der Waals surface area contributed by atoms with E-state index >= 15 is 0 Å². The van der Waals surface area contributed by atoms with Gasteiger partial charge in [-0.05, 0) is 0 Å². The third-order valence-corrected chi connectivity index (χ3v) is 1.36. The van der Waals surface area contributed by atoms with E-state index in [9.17, 15) is 0 Å². The Morgan fingerprint density at radius 2 is 2.27 bits per heavy atom. The van der Waals surface area contributed by atoms with Crippen molar-refractivity contribution >= 4 is 53.3 Å². The van der Waals surface area contributed by atoms with Crippen molar-refractivity contribution < 1.29 is 0 Å². The summed E-state index contributed by atoms with van der Waals surface area (Å²) < 4.78 is 0. The number of hydrogen-bond donors (Lipinski definition) is 2. The van der Waals surface area contributed by atoms with Gasteiger partial charge in [0.25, 0.3) is 0 Å². The summed E-state index contributed by atoms with van der Waals surface area (Å²) in [4.78, 5) is 14.6. The molecule has 0 amide bonds. The van der Waals surface area contributed by atoms with Crippen LogP contribution in [0.5, 0.6) is 0 Å². The first kappa shape index (κ1) is 8.99. The van der Waals surface area contributed by atoms with E-state index in [0.29, 0.717) is 10.8 Å². The van der Waals surface area contributed by atoms with Gasteiger partial charge in [0.2, 0.25) is 0 Å². The van der Waals surface area contributed by atoms with E-state index in [2.05, 4.69) is 32.6 Å². The Morgan fingerprint density at radius 3 is 3.00 bits per heavy atom. The van der Waals surface area contributed by atoms with Crippen LogP contribution in [0.4, 0.5) is 0 Å². The van der Waals surface area contributed by atoms with Crippen LogP contribution in [0, 0.1) is 0 Å². The molecule has 0 aromatic carbocycles. The molecule has 0 radical (unpaired) electrons. The molecule has 11 heavy (non-hydrogen) atoms. The van der Waals surface area contributed by atoms with Gasteiger partial charge in [0.05, 0.1) is 6.20 Å². The van der Waals surface area contributed by atoms with E-state index in [0.717, 1.165) is 5.52 Å². The zero-order valence-corrected chi connectivity index (χ0v) is 5.84. The molecular formula is C5H5N4NaS. The second-order valence-electron chi connectivity index (χ2n) is 1.82. The molecule has 0 saturated heterocycles. The maximum absolute atomic E-state index is 4.01. The predicted molar refractivity (Wildman–Crippen MR) is 46.1 cm³/mol. The van der Waals surface area contributed by atoms with Crippen molar-refractivity contribution in [3.05, 3.63) is 12.5 Å². The number of H-pyrrole nitrogens is 1. The number of thiol groups is 1. The molecule has 2 aromatic rings. The van der Waals surface area contributed by atoms with Gasteiger partial charge in [0, 0.05) is 0 Å². The maximum atomic E-state index is 4.01. The van der Waals surface area contributed by atoms with Crippen molar-refractivity contribution in [1.82, 2.24) is 19.9 Å². The van der Waals surface area contributed by atoms with Crippen molar-refractivity contribution in [1.29, 1.82) is 0 Å². The molecule has 2 aromatic heterocycles. The molecule has 1 N–H and O–H groups in total. The average molecular weight is 176 g/mol. The Morgan fingerprint density at radius 1 is 1.45 bits per heavy atom. The van der Waals surface area contributed by atoms with Crippen molar-refractivity contribution in [3.63, 3.8) is 0 Å². The molecule has 0 aliphatic carbocycles. The van der Waals surface area contributed by atoms with Crippen LogP contribution in [0.1, 0.15) is 0 Å². The van der Waals surface area contributed by atoms with Crippen LogP contribution in [0.25, 0.3) is 11.2 Å². The summed E-state index contributed by atoms with van der Waals surface area (Å²) in [6.45, 7) is 0. The van der Waals surface area contributed by atoms with Crippen molar-refractivity contribution in [3.8, 4) is 0 Å². The van der Waals surface area contributed by atoms with Crippen LogP contribution in [-0.4, -0.2) is 49.5 Å². The average Bonchev–Trinajstić information content (AvgIpc) is 2.27. The molecule has 2 rings (SSSR count).